The van der Waals surface area contributed by atoms with Crippen molar-refractivity contribution in [1.29, 1.82) is 0 Å². The van der Waals surface area contributed by atoms with Gasteiger partial charge in [0.2, 0.25) is 0 Å². The number of aromatic nitrogens is 2. The van der Waals surface area contributed by atoms with Crippen LogP contribution in [0.15, 0.2) is 46.1 Å². The fraction of sp³-hybridized carbons (Fsp3) is 0.231. The van der Waals surface area contributed by atoms with E-state index in [4.69, 9.17) is 0 Å². The molecule has 0 atom stereocenters. The first kappa shape index (κ1) is 12.3. The molecule has 0 saturated heterocycles. The molecule has 2 aromatic rings. The van der Waals surface area contributed by atoms with Crippen molar-refractivity contribution in [2.75, 3.05) is 0 Å². The van der Waals surface area contributed by atoms with E-state index in [1.165, 1.54) is 41.1 Å². The summed E-state index contributed by atoms with van der Waals surface area (Å²) < 4.78 is 15.3. The van der Waals surface area contributed by atoms with Gasteiger partial charge in [0.25, 0.3) is 5.56 Å². The SMILES string of the molecule is CC(C)n1ccc(=O)n(-c2ccc(F)cc2)c1=O. The minimum atomic E-state index is -0.427. The van der Waals surface area contributed by atoms with Crippen molar-refractivity contribution < 1.29 is 4.39 Å². The molecule has 0 aliphatic carbocycles. The lowest BCUT2D eigenvalue weighted by molar-refractivity contribution is 0.546. The van der Waals surface area contributed by atoms with E-state index in [0.717, 1.165) is 4.57 Å². The van der Waals surface area contributed by atoms with Gasteiger partial charge in [-0.2, -0.15) is 0 Å². The highest BCUT2D eigenvalue weighted by molar-refractivity contribution is 5.31. The first-order valence-corrected chi connectivity index (χ1v) is 5.61. The lowest BCUT2D eigenvalue weighted by Crippen LogP contribution is -2.38. The maximum atomic E-state index is 12.8. The molecule has 0 aliphatic heterocycles. The van der Waals surface area contributed by atoms with Crippen molar-refractivity contribution in [1.82, 2.24) is 9.13 Å². The Morgan fingerprint density at radius 1 is 1.06 bits per heavy atom. The third kappa shape index (κ3) is 2.11. The molecular weight excluding hydrogens is 235 g/mol. The standard InChI is InChI=1S/C13H13FN2O2/c1-9(2)15-8-7-12(17)16(13(15)18)11-5-3-10(14)4-6-11/h3-9H,1-2H3. The molecule has 18 heavy (non-hydrogen) atoms. The Hall–Kier alpha value is -2.17. The van der Waals surface area contributed by atoms with Crippen LogP contribution in [0, 0.1) is 5.82 Å². The monoisotopic (exact) mass is 248 g/mol. The van der Waals surface area contributed by atoms with E-state index < -0.39 is 17.1 Å². The van der Waals surface area contributed by atoms with Crippen LogP contribution in [0.2, 0.25) is 0 Å². The molecular formula is C13H13FN2O2. The fourth-order valence-electron chi connectivity index (χ4n) is 1.71. The number of hydrogen-bond acceptors (Lipinski definition) is 2. The van der Waals surface area contributed by atoms with Gasteiger partial charge in [-0.1, -0.05) is 0 Å². The predicted octanol–water partition coefficient (Wildman–Crippen LogP) is 1.72. The predicted molar refractivity (Wildman–Crippen MR) is 66.6 cm³/mol. The fourth-order valence-corrected chi connectivity index (χ4v) is 1.71. The maximum absolute atomic E-state index is 12.8. The second kappa shape index (κ2) is 4.60. The smallest absolute Gasteiger partial charge is 0.298 e. The molecule has 1 aromatic heterocycles. The van der Waals surface area contributed by atoms with Gasteiger partial charge in [0.15, 0.2) is 0 Å². The average molecular weight is 248 g/mol. The molecule has 1 heterocycles. The summed E-state index contributed by atoms with van der Waals surface area (Å²) in [5.41, 5.74) is -0.492. The van der Waals surface area contributed by atoms with Crippen LogP contribution in [0.4, 0.5) is 4.39 Å². The summed E-state index contributed by atoms with van der Waals surface area (Å²) in [5.74, 6) is -0.410. The van der Waals surface area contributed by atoms with E-state index in [1.807, 2.05) is 13.8 Å². The molecule has 1 aromatic carbocycles. The van der Waals surface area contributed by atoms with Crippen molar-refractivity contribution in [2.24, 2.45) is 0 Å². The van der Waals surface area contributed by atoms with Crippen molar-refractivity contribution in [2.45, 2.75) is 19.9 Å². The topological polar surface area (TPSA) is 44.0 Å². The van der Waals surface area contributed by atoms with E-state index in [9.17, 15) is 14.0 Å². The molecule has 2 rings (SSSR count). The molecule has 0 saturated carbocycles. The van der Waals surface area contributed by atoms with Gasteiger partial charge in [-0.3, -0.25) is 9.36 Å². The molecule has 5 heteroatoms. The normalized spacial score (nSPS) is 10.9. The minimum Gasteiger partial charge on any atom is -0.298 e. The van der Waals surface area contributed by atoms with E-state index in [-0.39, 0.29) is 6.04 Å². The van der Waals surface area contributed by atoms with Gasteiger partial charge in [0.1, 0.15) is 5.82 Å². The summed E-state index contributed by atoms with van der Waals surface area (Å²) in [6.45, 7) is 3.70. The highest BCUT2D eigenvalue weighted by Crippen LogP contribution is 2.05. The van der Waals surface area contributed by atoms with E-state index in [0.29, 0.717) is 5.69 Å². The largest absolute Gasteiger partial charge is 0.335 e. The van der Waals surface area contributed by atoms with Gasteiger partial charge in [0.05, 0.1) is 5.69 Å². The molecule has 0 fully saturated rings. The van der Waals surface area contributed by atoms with Crippen molar-refractivity contribution in [3.05, 3.63) is 63.2 Å². The Bertz CT molecular complexity index is 669. The molecule has 0 amide bonds. The highest BCUT2D eigenvalue weighted by Gasteiger charge is 2.09. The quantitative estimate of drug-likeness (QED) is 0.812. The van der Waals surface area contributed by atoms with Gasteiger partial charge >= 0.3 is 5.69 Å². The summed E-state index contributed by atoms with van der Waals surface area (Å²) in [6.07, 6.45) is 1.47. The van der Waals surface area contributed by atoms with E-state index >= 15 is 0 Å². The number of hydrogen-bond donors (Lipinski definition) is 0. The Morgan fingerprint density at radius 3 is 2.22 bits per heavy atom. The van der Waals surface area contributed by atoms with Crippen LogP contribution in [-0.2, 0) is 0 Å². The minimum absolute atomic E-state index is 0.0511. The molecule has 0 aliphatic rings. The third-order valence-electron chi connectivity index (χ3n) is 2.65. The van der Waals surface area contributed by atoms with Crippen LogP contribution in [0.25, 0.3) is 5.69 Å². The first-order valence-electron chi connectivity index (χ1n) is 5.61. The Labute approximate surface area is 103 Å². The van der Waals surface area contributed by atoms with Crippen LogP contribution in [-0.4, -0.2) is 9.13 Å². The third-order valence-corrected chi connectivity index (χ3v) is 2.65. The van der Waals surface area contributed by atoms with Gasteiger partial charge < -0.3 is 0 Å². The second-order valence-corrected chi connectivity index (χ2v) is 4.25. The maximum Gasteiger partial charge on any atom is 0.335 e. The van der Waals surface area contributed by atoms with Crippen molar-refractivity contribution >= 4 is 0 Å². The van der Waals surface area contributed by atoms with Gasteiger partial charge in [-0.05, 0) is 38.1 Å². The molecule has 0 unspecified atom stereocenters. The summed E-state index contributed by atoms with van der Waals surface area (Å²) >= 11 is 0. The zero-order valence-electron chi connectivity index (χ0n) is 10.1. The van der Waals surface area contributed by atoms with Crippen molar-refractivity contribution in [3.8, 4) is 5.69 Å². The van der Waals surface area contributed by atoms with Crippen molar-refractivity contribution in [3.63, 3.8) is 0 Å². The number of halogens is 1. The van der Waals surface area contributed by atoms with Crippen LogP contribution in [0.1, 0.15) is 19.9 Å². The first-order chi connectivity index (χ1) is 8.50. The lowest BCUT2D eigenvalue weighted by atomic mass is 10.3. The van der Waals surface area contributed by atoms with Crippen LogP contribution in [0.3, 0.4) is 0 Å². The van der Waals surface area contributed by atoms with Gasteiger partial charge in [0, 0.05) is 18.3 Å². The summed E-state index contributed by atoms with van der Waals surface area (Å²) in [6, 6.07) is 6.52. The lowest BCUT2D eigenvalue weighted by Gasteiger charge is -2.12. The number of nitrogens with zero attached hydrogens (tertiary/aromatic N) is 2. The van der Waals surface area contributed by atoms with Crippen LogP contribution < -0.4 is 11.2 Å². The molecule has 4 nitrogen and oxygen atoms in total. The zero-order valence-corrected chi connectivity index (χ0v) is 10.1. The number of benzene rings is 1. The van der Waals surface area contributed by atoms with Crippen LogP contribution >= 0.6 is 0 Å². The van der Waals surface area contributed by atoms with Gasteiger partial charge in [-0.25, -0.2) is 13.8 Å². The van der Waals surface area contributed by atoms with Gasteiger partial charge in [-0.15, -0.1) is 0 Å². The van der Waals surface area contributed by atoms with E-state index in [2.05, 4.69) is 0 Å². The van der Waals surface area contributed by atoms with E-state index in [1.54, 1.807) is 0 Å². The summed E-state index contributed by atoms with van der Waals surface area (Å²) in [4.78, 5) is 23.9. The number of rotatable bonds is 2. The molecule has 0 bridgehead atoms. The Kier molecular flexibility index (Phi) is 3.14. The Balaban J connectivity index is 2.71. The molecule has 0 radical (unpaired) electrons. The van der Waals surface area contributed by atoms with Crippen LogP contribution in [0.5, 0.6) is 0 Å². The Morgan fingerprint density at radius 2 is 1.67 bits per heavy atom. The summed E-state index contributed by atoms with van der Waals surface area (Å²) in [7, 11) is 0. The molecule has 0 spiro atoms. The average Bonchev–Trinajstić information content (AvgIpc) is 2.31. The zero-order chi connectivity index (χ0) is 13.3. The molecule has 0 N–H and O–H groups in total. The highest BCUT2D eigenvalue weighted by atomic mass is 19.1. The molecule has 94 valence electrons. The summed E-state index contributed by atoms with van der Waals surface area (Å²) in [5, 5.41) is 0. The second-order valence-electron chi connectivity index (χ2n) is 4.25.